The summed E-state index contributed by atoms with van der Waals surface area (Å²) in [5.41, 5.74) is 11.2. The molecule has 0 aromatic heterocycles. The number of benzene rings is 1. The summed E-state index contributed by atoms with van der Waals surface area (Å²) in [5, 5.41) is 9.61. The molecular formula is C26H33NO2. The molecule has 1 aliphatic rings. The summed E-state index contributed by atoms with van der Waals surface area (Å²) in [6.07, 6.45) is 13.8. The molecule has 0 radical (unpaired) electrons. The maximum Gasteiger partial charge on any atom is 0.241 e. The van der Waals surface area contributed by atoms with E-state index in [1.54, 1.807) is 12.1 Å². The number of aromatic hydroxyl groups is 1. The third kappa shape index (κ3) is 6.08. The van der Waals surface area contributed by atoms with Crippen molar-refractivity contribution in [3.05, 3.63) is 88.6 Å². The lowest BCUT2D eigenvalue weighted by Gasteiger charge is -2.41. The van der Waals surface area contributed by atoms with E-state index in [0.29, 0.717) is 11.7 Å². The predicted octanol–water partition coefficient (Wildman–Crippen LogP) is 6.10. The summed E-state index contributed by atoms with van der Waals surface area (Å²) in [6.45, 7) is 10.8. The third-order valence-corrected chi connectivity index (χ3v) is 5.73. The fraction of sp³-hybridized carbons (Fsp3) is 0.346. The van der Waals surface area contributed by atoms with Gasteiger partial charge in [-0.25, -0.2) is 0 Å². The van der Waals surface area contributed by atoms with Gasteiger partial charge in [0.15, 0.2) is 0 Å². The van der Waals surface area contributed by atoms with E-state index < -0.39 is 5.91 Å². The molecule has 0 bridgehead atoms. The second-order valence-electron chi connectivity index (χ2n) is 8.49. The Morgan fingerprint density at radius 2 is 1.79 bits per heavy atom. The van der Waals surface area contributed by atoms with Crippen molar-refractivity contribution in [2.75, 3.05) is 0 Å². The molecule has 1 aliphatic carbocycles. The molecule has 0 fully saturated rings. The molecule has 0 saturated carbocycles. The monoisotopic (exact) mass is 391 g/mol. The van der Waals surface area contributed by atoms with E-state index in [9.17, 15) is 9.90 Å². The van der Waals surface area contributed by atoms with Crippen LogP contribution in [0.4, 0.5) is 0 Å². The SMILES string of the molecule is CC1=C(/C=C/C(C)=C\C=C\C(C)=C\C(N)=O)C(C)(C)C(c2ccc(O)cc2)CC1. The number of nitrogens with two attached hydrogens (primary N) is 1. The van der Waals surface area contributed by atoms with Gasteiger partial charge < -0.3 is 10.8 Å². The highest BCUT2D eigenvalue weighted by molar-refractivity contribution is 5.86. The maximum atomic E-state index is 10.9. The molecule has 2 rings (SSSR count). The number of phenols is 1. The Morgan fingerprint density at radius 1 is 1.14 bits per heavy atom. The number of rotatable bonds is 6. The molecule has 1 aromatic rings. The van der Waals surface area contributed by atoms with E-state index in [1.165, 1.54) is 22.8 Å². The zero-order chi connectivity index (χ0) is 21.6. The van der Waals surface area contributed by atoms with Gasteiger partial charge in [-0.05, 0) is 73.8 Å². The molecule has 1 atom stereocenters. The first kappa shape index (κ1) is 22.5. The van der Waals surface area contributed by atoms with Crippen molar-refractivity contribution >= 4 is 5.91 Å². The minimum absolute atomic E-state index is 0.00668. The third-order valence-electron chi connectivity index (χ3n) is 5.73. The van der Waals surface area contributed by atoms with Crippen LogP contribution in [-0.2, 0) is 4.79 Å². The molecule has 154 valence electrons. The number of phenolic OH excluding ortho intramolecular Hbond substituents is 1. The Balaban J connectivity index is 2.21. The Morgan fingerprint density at radius 3 is 2.41 bits per heavy atom. The van der Waals surface area contributed by atoms with Crippen molar-refractivity contribution in [3.63, 3.8) is 0 Å². The van der Waals surface area contributed by atoms with Crippen LogP contribution in [0, 0.1) is 5.41 Å². The van der Waals surface area contributed by atoms with Crippen LogP contribution in [0.25, 0.3) is 0 Å². The second kappa shape index (κ2) is 9.60. The van der Waals surface area contributed by atoms with Gasteiger partial charge in [0.2, 0.25) is 5.91 Å². The largest absolute Gasteiger partial charge is 0.508 e. The zero-order valence-electron chi connectivity index (χ0n) is 18.2. The summed E-state index contributed by atoms with van der Waals surface area (Å²) < 4.78 is 0. The highest BCUT2D eigenvalue weighted by atomic mass is 16.3. The number of carbonyl (C=O) groups excluding carboxylic acids is 1. The van der Waals surface area contributed by atoms with E-state index in [1.807, 2.05) is 37.3 Å². The number of carbonyl (C=O) groups is 1. The van der Waals surface area contributed by atoms with Crippen LogP contribution in [0.2, 0.25) is 0 Å². The summed E-state index contributed by atoms with van der Waals surface area (Å²) in [5.74, 6) is 0.291. The van der Waals surface area contributed by atoms with Crippen LogP contribution in [0.1, 0.15) is 58.9 Å². The lowest BCUT2D eigenvalue weighted by molar-refractivity contribution is -0.113. The quantitative estimate of drug-likeness (QED) is 0.454. The average Bonchev–Trinajstić information content (AvgIpc) is 2.61. The van der Waals surface area contributed by atoms with Crippen LogP contribution in [0.3, 0.4) is 0 Å². The molecule has 1 amide bonds. The van der Waals surface area contributed by atoms with Gasteiger partial charge >= 0.3 is 0 Å². The number of primary amides is 1. The van der Waals surface area contributed by atoms with Gasteiger partial charge in [0, 0.05) is 6.08 Å². The fourth-order valence-corrected chi connectivity index (χ4v) is 4.14. The van der Waals surface area contributed by atoms with Crippen molar-refractivity contribution in [1.29, 1.82) is 0 Å². The smallest absolute Gasteiger partial charge is 0.241 e. The van der Waals surface area contributed by atoms with Crippen LogP contribution in [0.5, 0.6) is 5.75 Å². The Bertz CT molecular complexity index is 893. The first-order chi connectivity index (χ1) is 13.6. The molecular weight excluding hydrogens is 358 g/mol. The molecule has 3 heteroatoms. The molecule has 29 heavy (non-hydrogen) atoms. The van der Waals surface area contributed by atoms with E-state index >= 15 is 0 Å². The van der Waals surface area contributed by atoms with E-state index in [4.69, 9.17) is 5.73 Å². The highest BCUT2D eigenvalue weighted by Gasteiger charge is 2.37. The number of allylic oxidation sites excluding steroid dienone is 9. The average molecular weight is 392 g/mol. The molecule has 1 aromatic carbocycles. The molecule has 3 N–H and O–H groups in total. The lowest BCUT2D eigenvalue weighted by atomic mass is 9.63. The van der Waals surface area contributed by atoms with Gasteiger partial charge in [-0.1, -0.05) is 67.5 Å². The summed E-state index contributed by atoms with van der Waals surface area (Å²) in [4.78, 5) is 10.9. The van der Waals surface area contributed by atoms with Gasteiger partial charge in [-0.3, -0.25) is 4.79 Å². The van der Waals surface area contributed by atoms with Crippen LogP contribution in [-0.4, -0.2) is 11.0 Å². The number of hydrogen-bond donors (Lipinski definition) is 2. The number of amides is 1. The molecule has 0 saturated heterocycles. The molecule has 1 unspecified atom stereocenters. The summed E-state index contributed by atoms with van der Waals surface area (Å²) in [6, 6.07) is 7.64. The van der Waals surface area contributed by atoms with Gasteiger partial charge in [0.05, 0.1) is 0 Å². The minimum Gasteiger partial charge on any atom is -0.508 e. The van der Waals surface area contributed by atoms with Crippen LogP contribution in [0.15, 0.2) is 83.0 Å². The Kier molecular flexibility index (Phi) is 7.44. The van der Waals surface area contributed by atoms with Crippen LogP contribution < -0.4 is 5.73 Å². The summed E-state index contributed by atoms with van der Waals surface area (Å²) in [7, 11) is 0. The van der Waals surface area contributed by atoms with E-state index in [-0.39, 0.29) is 5.41 Å². The van der Waals surface area contributed by atoms with Gasteiger partial charge in [0.25, 0.3) is 0 Å². The van der Waals surface area contributed by atoms with Crippen molar-refractivity contribution in [1.82, 2.24) is 0 Å². The topological polar surface area (TPSA) is 63.3 Å². The van der Waals surface area contributed by atoms with Gasteiger partial charge in [0.1, 0.15) is 5.75 Å². The maximum absolute atomic E-state index is 10.9. The number of hydrogen-bond acceptors (Lipinski definition) is 2. The van der Waals surface area contributed by atoms with Gasteiger partial charge in [-0.15, -0.1) is 0 Å². The fourth-order valence-electron chi connectivity index (χ4n) is 4.14. The predicted molar refractivity (Wildman–Crippen MR) is 122 cm³/mol. The van der Waals surface area contributed by atoms with Crippen molar-refractivity contribution in [2.45, 2.75) is 53.4 Å². The van der Waals surface area contributed by atoms with Crippen molar-refractivity contribution in [3.8, 4) is 5.75 Å². The van der Waals surface area contributed by atoms with Crippen molar-refractivity contribution < 1.29 is 9.90 Å². The minimum atomic E-state index is -0.433. The Hall–Kier alpha value is -2.81. The molecule has 0 spiro atoms. The molecule has 0 aliphatic heterocycles. The van der Waals surface area contributed by atoms with Gasteiger partial charge in [-0.2, -0.15) is 0 Å². The standard InChI is InChI=1S/C26H33NO2/c1-18(7-6-8-19(2)17-25(27)29)9-15-23-20(3)10-16-24(26(23,4)5)21-11-13-22(28)14-12-21/h6-9,11-15,17,24,28H,10,16H2,1-5H3,(H2,27,29)/b8-6+,15-9+,18-7-,19-17+. The Labute approximate surface area is 175 Å². The highest BCUT2D eigenvalue weighted by Crippen LogP contribution is 2.50. The van der Waals surface area contributed by atoms with E-state index in [2.05, 4.69) is 39.8 Å². The normalized spacial score (nSPS) is 20.7. The summed E-state index contributed by atoms with van der Waals surface area (Å²) >= 11 is 0. The van der Waals surface area contributed by atoms with Crippen molar-refractivity contribution in [2.24, 2.45) is 11.1 Å². The first-order valence-electron chi connectivity index (χ1n) is 10.1. The lowest BCUT2D eigenvalue weighted by Crippen LogP contribution is -2.28. The molecule has 0 heterocycles. The second-order valence-corrected chi connectivity index (χ2v) is 8.49. The van der Waals surface area contributed by atoms with Crippen LogP contribution >= 0.6 is 0 Å². The molecule has 3 nitrogen and oxygen atoms in total. The van der Waals surface area contributed by atoms with E-state index in [0.717, 1.165) is 24.0 Å². The zero-order valence-corrected chi connectivity index (χ0v) is 18.2. The first-order valence-corrected chi connectivity index (χ1v) is 10.1.